The van der Waals surface area contributed by atoms with Gasteiger partial charge in [-0.3, -0.25) is 4.79 Å². The van der Waals surface area contributed by atoms with Gasteiger partial charge in [-0.15, -0.1) is 0 Å². The van der Waals surface area contributed by atoms with E-state index in [2.05, 4.69) is 60.4 Å². The van der Waals surface area contributed by atoms with Crippen LogP contribution in [-0.2, 0) is 11.2 Å². The Kier molecular flexibility index (Phi) is 8.21. The van der Waals surface area contributed by atoms with Gasteiger partial charge in [0.05, 0.1) is 20.1 Å². The molecular weight excluding hydrogens is 474 g/mol. The van der Waals surface area contributed by atoms with Crippen molar-refractivity contribution in [1.29, 1.82) is 0 Å². The molecule has 5 rings (SSSR count). The van der Waals surface area contributed by atoms with Crippen LogP contribution in [0.15, 0.2) is 66.7 Å². The van der Waals surface area contributed by atoms with Crippen LogP contribution in [0.3, 0.4) is 0 Å². The molecule has 0 aromatic heterocycles. The fourth-order valence-corrected chi connectivity index (χ4v) is 5.70. The molecule has 2 aliphatic rings. The zero-order chi connectivity index (χ0) is 26.5. The van der Waals surface area contributed by atoms with E-state index in [0.717, 1.165) is 62.3 Å². The largest absolute Gasteiger partial charge is 0.497 e. The van der Waals surface area contributed by atoms with Crippen molar-refractivity contribution in [3.63, 3.8) is 0 Å². The molecule has 3 aromatic carbocycles. The lowest BCUT2D eigenvalue weighted by Gasteiger charge is -2.35. The van der Waals surface area contributed by atoms with Crippen LogP contribution in [0, 0.1) is 11.8 Å². The van der Waals surface area contributed by atoms with Gasteiger partial charge in [-0.1, -0.05) is 43.3 Å². The van der Waals surface area contributed by atoms with Gasteiger partial charge in [0.2, 0.25) is 0 Å². The van der Waals surface area contributed by atoms with Crippen molar-refractivity contribution in [2.24, 2.45) is 11.8 Å². The zero-order valence-electron chi connectivity index (χ0n) is 22.6. The van der Waals surface area contributed by atoms with Crippen LogP contribution in [0.2, 0.25) is 0 Å². The number of hydrogen-bond donors (Lipinski definition) is 1. The lowest BCUT2D eigenvalue weighted by atomic mass is 9.91. The van der Waals surface area contributed by atoms with E-state index in [9.17, 15) is 9.90 Å². The molecule has 200 valence electrons. The average Bonchev–Trinajstić information content (AvgIpc) is 3.80. The number of ether oxygens (including phenoxy) is 2. The van der Waals surface area contributed by atoms with Crippen molar-refractivity contribution < 1.29 is 19.4 Å². The van der Waals surface area contributed by atoms with Crippen molar-refractivity contribution >= 4 is 11.7 Å². The first kappa shape index (κ1) is 26.1. The summed E-state index contributed by atoms with van der Waals surface area (Å²) >= 11 is 0. The third-order valence-electron chi connectivity index (χ3n) is 8.19. The second-order valence-electron chi connectivity index (χ2n) is 10.8. The average molecular weight is 514 g/mol. The predicted octanol–water partition coefficient (Wildman–Crippen LogP) is 7.19. The summed E-state index contributed by atoms with van der Waals surface area (Å²) in [6, 6.07) is 23.4. The van der Waals surface area contributed by atoms with Gasteiger partial charge in [-0.25, -0.2) is 0 Å². The molecule has 5 heteroatoms. The molecule has 1 aliphatic heterocycles. The van der Waals surface area contributed by atoms with Crippen molar-refractivity contribution in [2.45, 2.75) is 51.4 Å². The quantitative estimate of drug-likeness (QED) is 0.294. The minimum absolute atomic E-state index is 0.0922. The fraction of sp³-hybridized carbons (Fsp3) is 0.424. The zero-order valence-corrected chi connectivity index (χ0v) is 22.6. The molecule has 1 atom stereocenters. The van der Waals surface area contributed by atoms with Crippen LogP contribution in [-0.4, -0.2) is 37.9 Å². The Hall–Kier alpha value is -3.47. The monoisotopic (exact) mass is 513 g/mol. The van der Waals surface area contributed by atoms with Gasteiger partial charge < -0.3 is 19.5 Å². The first-order valence-corrected chi connectivity index (χ1v) is 14.0. The summed E-state index contributed by atoms with van der Waals surface area (Å²) in [7, 11) is 1.72. The van der Waals surface area contributed by atoms with E-state index in [1.54, 1.807) is 7.11 Å². The van der Waals surface area contributed by atoms with E-state index < -0.39 is 5.97 Å². The maximum Gasteiger partial charge on any atom is 0.303 e. The Morgan fingerprint density at radius 2 is 1.74 bits per heavy atom. The van der Waals surface area contributed by atoms with Gasteiger partial charge >= 0.3 is 5.97 Å². The number of carboxylic acid groups (broad SMARTS) is 1. The van der Waals surface area contributed by atoms with Crippen molar-refractivity contribution in [2.75, 3.05) is 31.7 Å². The molecule has 5 nitrogen and oxygen atoms in total. The molecule has 38 heavy (non-hydrogen) atoms. The summed E-state index contributed by atoms with van der Waals surface area (Å²) in [4.78, 5) is 13.9. The molecule has 0 spiro atoms. The number of anilines is 1. The van der Waals surface area contributed by atoms with Crippen LogP contribution in [0.5, 0.6) is 11.5 Å². The SMILES string of the molecule is CCc1ccc(-c2ccc(OC)cc2N2CCC(COc3cccc([C@@H](CC(=O)O)C4CC4)c3)CC2)cc1. The van der Waals surface area contributed by atoms with Gasteiger partial charge in [0.15, 0.2) is 0 Å². The highest BCUT2D eigenvalue weighted by Gasteiger charge is 2.34. The first-order valence-electron chi connectivity index (χ1n) is 14.0. The Balaban J connectivity index is 1.22. The van der Waals surface area contributed by atoms with Crippen LogP contribution < -0.4 is 14.4 Å². The highest BCUT2D eigenvalue weighted by Crippen LogP contribution is 2.45. The molecule has 1 saturated heterocycles. The number of hydrogen-bond acceptors (Lipinski definition) is 4. The van der Waals surface area contributed by atoms with E-state index in [1.165, 1.54) is 22.4 Å². The summed E-state index contributed by atoms with van der Waals surface area (Å²) in [5.41, 5.74) is 6.15. The molecule has 0 amide bonds. The van der Waals surface area contributed by atoms with Crippen LogP contribution in [0.1, 0.15) is 56.1 Å². The molecule has 1 N–H and O–H groups in total. The van der Waals surface area contributed by atoms with Crippen LogP contribution in [0.4, 0.5) is 5.69 Å². The predicted molar refractivity (Wildman–Crippen MR) is 152 cm³/mol. The Morgan fingerprint density at radius 1 is 0.974 bits per heavy atom. The summed E-state index contributed by atoms with van der Waals surface area (Å²) in [6.07, 6.45) is 5.62. The summed E-state index contributed by atoms with van der Waals surface area (Å²) in [5.74, 6) is 2.09. The second kappa shape index (κ2) is 11.9. The number of aryl methyl sites for hydroxylation is 1. The van der Waals surface area contributed by atoms with E-state index in [-0.39, 0.29) is 12.3 Å². The normalized spacial score (nSPS) is 16.7. The van der Waals surface area contributed by atoms with Gasteiger partial charge in [-0.2, -0.15) is 0 Å². The number of benzene rings is 3. The summed E-state index contributed by atoms with van der Waals surface area (Å²) < 4.78 is 11.8. The Morgan fingerprint density at radius 3 is 2.39 bits per heavy atom. The minimum atomic E-state index is -0.725. The molecule has 1 aliphatic carbocycles. The van der Waals surface area contributed by atoms with E-state index in [0.29, 0.717) is 18.4 Å². The third-order valence-corrected chi connectivity index (χ3v) is 8.19. The molecule has 0 radical (unpaired) electrons. The molecule has 3 aromatic rings. The van der Waals surface area contributed by atoms with E-state index in [4.69, 9.17) is 9.47 Å². The number of methoxy groups -OCH3 is 1. The number of carboxylic acids is 1. The first-order chi connectivity index (χ1) is 18.5. The number of carbonyl (C=O) groups is 1. The molecular formula is C33H39NO4. The number of nitrogens with zero attached hydrogens (tertiary/aromatic N) is 1. The van der Waals surface area contributed by atoms with Gasteiger partial charge in [-0.05, 0) is 90.8 Å². The fourth-order valence-electron chi connectivity index (χ4n) is 5.70. The maximum atomic E-state index is 11.4. The highest BCUT2D eigenvalue weighted by atomic mass is 16.5. The number of aliphatic carboxylic acids is 1. The number of rotatable bonds is 11. The molecule has 1 saturated carbocycles. The lowest BCUT2D eigenvalue weighted by molar-refractivity contribution is -0.137. The van der Waals surface area contributed by atoms with Crippen molar-refractivity contribution in [1.82, 2.24) is 0 Å². The minimum Gasteiger partial charge on any atom is -0.497 e. The van der Waals surface area contributed by atoms with Gasteiger partial charge in [0, 0.05) is 30.4 Å². The molecule has 2 fully saturated rings. The van der Waals surface area contributed by atoms with E-state index >= 15 is 0 Å². The third kappa shape index (κ3) is 6.32. The highest BCUT2D eigenvalue weighted by molar-refractivity contribution is 5.80. The van der Waals surface area contributed by atoms with Crippen LogP contribution in [0.25, 0.3) is 11.1 Å². The summed E-state index contributed by atoms with van der Waals surface area (Å²) in [6.45, 7) is 4.82. The van der Waals surface area contributed by atoms with Crippen molar-refractivity contribution in [3.05, 3.63) is 77.9 Å². The standard InChI is InChI=1S/C33H39NO4/c1-3-23-7-9-25(10-8-23)30-14-13-28(37-2)20-32(30)34-17-15-24(16-18-34)22-38-29-6-4-5-27(19-29)31(21-33(35)36)26-11-12-26/h4-10,13-14,19-20,24,26,31H,3,11-12,15-18,21-22H2,1-2H3,(H,35,36)/t31-/m0/s1. The Bertz CT molecular complexity index is 1230. The molecule has 1 heterocycles. The Labute approximate surface area is 226 Å². The smallest absolute Gasteiger partial charge is 0.303 e. The van der Waals surface area contributed by atoms with Gasteiger partial charge in [0.1, 0.15) is 11.5 Å². The molecule has 0 bridgehead atoms. The second-order valence-corrected chi connectivity index (χ2v) is 10.8. The van der Waals surface area contributed by atoms with E-state index in [1.807, 2.05) is 18.2 Å². The lowest BCUT2D eigenvalue weighted by Crippen LogP contribution is -2.35. The van der Waals surface area contributed by atoms with Crippen molar-refractivity contribution in [3.8, 4) is 22.6 Å². The summed E-state index contributed by atoms with van der Waals surface area (Å²) in [5, 5.41) is 9.36. The maximum absolute atomic E-state index is 11.4. The number of piperidine rings is 1. The van der Waals surface area contributed by atoms with Crippen LogP contribution >= 0.6 is 0 Å². The molecule has 0 unspecified atom stereocenters. The van der Waals surface area contributed by atoms with Gasteiger partial charge in [0.25, 0.3) is 0 Å². The topological polar surface area (TPSA) is 59.0 Å².